The molecule has 0 radical (unpaired) electrons. The van der Waals surface area contributed by atoms with E-state index in [2.05, 4.69) is 24.6 Å². The van der Waals surface area contributed by atoms with Crippen LogP contribution in [0.1, 0.15) is 25.0 Å². The summed E-state index contributed by atoms with van der Waals surface area (Å²) in [5.74, 6) is 2.36. The minimum Gasteiger partial charge on any atom is -0.442 e. The topological polar surface area (TPSA) is 26.3 Å². The third-order valence-electron chi connectivity index (χ3n) is 3.77. The number of rotatable bonds is 3. The Morgan fingerprint density at radius 1 is 1.42 bits per heavy atom. The third-order valence-corrected chi connectivity index (χ3v) is 3.77. The van der Waals surface area contributed by atoms with Crippen molar-refractivity contribution in [1.82, 2.24) is 0 Å². The summed E-state index contributed by atoms with van der Waals surface area (Å²) >= 11 is 0. The number of benzene rings is 1. The van der Waals surface area contributed by atoms with Crippen molar-refractivity contribution in [3.05, 3.63) is 47.5 Å². The molecule has 2 nitrogen and oxygen atoms in total. The van der Waals surface area contributed by atoms with E-state index in [0.717, 1.165) is 12.8 Å². The summed E-state index contributed by atoms with van der Waals surface area (Å²) in [6.45, 7) is 7.03. The zero-order chi connectivity index (χ0) is 14.0. The van der Waals surface area contributed by atoms with Crippen molar-refractivity contribution in [3.63, 3.8) is 0 Å². The molecular formula is C17H18O2. The fraction of sp³-hybridized carbons (Fsp3) is 0.353. The standard InChI is InChI=1S/C17H18O2/c1-5-17(4,19-16(18)12(2)3)15-10-13-8-6-7-9-14(13)11-15/h1,6-9,15H,2,10-11H2,3-4H3. The van der Waals surface area contributed by atoms with Gasteiger partial charge in [0.2, 0.25) is 0 Å². The van der Waals surface area contributed by atoms with E-state index >= 15 is 0 Å². The molecule has 0 saturated carbocycles. The Bertz CT molecular complexity index is 540. The summed E-state index contributed by atoms with van der Waals surface area (Å²) in [5, 5.41) is 0. The van der Waals surface area contributed by atoms with Crippen LogP contribution >= 0.6 is 0 Å². The average Bonchev–Trinajstić information content (AvgIpc) is 2.82. The second-order valence-electron chi connectivity index (χ2n) is 5.30. The van der Waals surface area contributed by atoms with Crippen LogP contribution in [0, 0.1) is 18.3 Å². The number of carbonyl (C=O) groups excluding carboxylic acids is 1. The molecule has 0 N–H and O–H groups in total. The zero-order valence-electron chi connectivity index (χ0n) is 11.4. The summed E-state index contributed by atoms with van der Waals surface area (Å²) in [4.78, 5) is 11.7. The Morgan fingerprint density at radius 3 is 2.37 bits per heavy atom. The van der Waals surface area contributed by atoms with E-state index < -0.39 is 11.6 Å². The lowest BCUT2D eigenvalue weighted by Gasteiger charge is -2.30. The summed E-state index contributed by atoms with van der Waals surface area (Å²) in [7, 11) is 0. The van der Waals surface area contributed by atoms with Crippen LogP contribution in [-0.2, 0) is 22.4 Å². The van der Waals surface area contributed by atoms with Gasteiger partial charge in [0.25, 0.3) is 0 Å². The molecule has 1 atom stereocenters. The lowest BCUT2D eigenvalue weighted by atomic mass is 9.87. The number of terminal acetylenes is 1. The number of hydrogen-bond acceptors (Lipinski definition) is 2. The van der Waals surface area contributed by atoms with Gasteiger partial charge in [-0.15, -0.1) is 6.42 Å². The molecule has 19 heavy (non-hydrogen) atoms. The number of esters is 1. The van der Waals surface area contributed by atoms with Crippen molar-refractivity contribution < 1.29 is 9.53 Å². The first-order chi connectivity index (χ1) is 8.96. The zero-order valence-corrected chi connectivity index (χ0v) is 11.4. The van der Waals surface area contributed by atoms with Crippen molar-refractivity contribution >= 4 is 5.97 Å². The van der Waals surface area contributed by atoms with E-state index in [-0.39, 0.29) is 5.92 Å². The van der Waals surface area contributed by atoms with E-state index in [1.807, 2.05) is 19.1 Å². The van der Waals surface area contributed by atoms with E-state index in [1.54, 1.807) is 6.92 Å². The second kappa shape index (κ2) is 4.93. The van der Waals surface area contributed by atoms with Gasteiger partial charge in [-0.25, -0.2) is 4.79 Å². The average molecular weight is 254 g/mol. The smallest absolute Gasteiger partial charge is 0.334 e. The molecule has 2 heteroatoms. The number of ether oxygens (including phenoxy) is 1. The molecule has 0 aromatic heterocycles. The number of carbonyl (C=O) groups is 1. The van der Waals surface area contributed by atoms with Crippen molar-refractivity contribution in [2.24, 2.45) is 5.92 Å². The van der Waals surface area contributed by atoms with Crippen LogP contribution in [0.3, 0.4) is 0 Å². The Kier molecular flexibility index (Phi) is 3.48. The normalized spacial score (nSPS) is 17.1. The summed E-state index contributed by atoms with van der Waals surface area (Å²) in [5.41, 5.74) is 2.08. The molecule has 1 aromatic carbocycles. The first-order valence-corrected chi connectivity index (χ1v) is 6.39. The highest BCUT2D eigenvalue weighted by Gasteiger charge is 2.39. The van der Waals surface area contributed by atoms with Crippen LogP contribution in [0.2, 0.25) is 0 Å². The van der Waals surface area contributed by atoms with Crippen LogP contribution in [0.5, 0.6) is 0 Å². The highest BCUT2D eigenvalue weighted by atomic mass is 16.6. The molecule has 0 aliphatic heterocycles. The first-order valence-electron chi connectivity index (χ1n) is 6.39. The predicted molar refractivity (Wildman–Crippen MR) is 75.5 cm³/mol. The van der Waals surface area contributed by atoms with Gasteiger partial charge in [0.1, 0.15) is 0 Å². The second-order valence-corrected chi connectivity index (χ2v) is 5.30. The molecule has 0 saturated heterocycles. The fourth-order valence-corrected chi connectivity index (χ4v) is 2.46. The van der Waals surface area contributed by atoms with Crippen molar-refractivity contribution in [2.75, 3.05) is 0 Å². The molecule has 0 heterocycles. The lowest BCUT2D eigenvalue weighted by molar-refractivity contribution is -0.151. The molecule has 2 rings (SSSR count). The van der Waals surface area contributed by atoms with Crippen LogP contribution in [0.4, 0.5) is 0 Å². The van der Waals surface area contributed by atoms with Gasteiger partial charge in [0.15, 0.2) is 5.60 Å². The predicted octanol–water partition coefficient (Wildman–Crippen LogP) is 2.91. The highest BCUT2D eigenvalue weighted by Crippen LogP contribution is 2.35. The Morgan fingerprint density at radius 2 is 1.95 bits per heavy atom. The van der Waals surface area contributed by atoms with Gasteiger partial charge >= 0.3 is 5.97 Å². The van der Waals surface area contributed by atoms with Crippen molar-refractivity contribution in [2.45, 2.75) is 32.3 Å². The van der Waals surface area contributed by atoms with Gasteiger partial charge in [-0.05, 0) is 37.8 Å². The van der Waals surface area contributed by atoms with Gasteiger partial charge in [0.05, 0.1) is 0 Å². The molecule has 0 spiro atoms. The Labute approximate surface area is 114 Å². The van der Waals surface area contributed by atoms with Crippen LogP contribution in [0.25, 0.3) is 0 Å². The summed E-state index contributed by atoms with van der Waals surface area (Å²) < 4.78 is 5.49. The molecule has 0 bridgehead atoms. The number of hydrogen-bond donors (Lipinski definition) is 0. The fourth-order valence-electron chi connectivity index (χ4n) is 2.46. The summed E-state index contributed by atoms with van der Waals surface area (Å²) in [6, 6.07) is 8.25. The van der Waals surface area contributed by atoms with Crippen LogP contribution in [-0.4, -0.2) is 11.6 Å². The molecule has 1 aliphatic carbocycles. The molecule has 1 unspecified atom stereocenters. The minimum absolute atomic E-state index is 0.123. The molecule has 1 aromatic rings. The highest BCUT2D eigenvalue weighted by molar-refractivity contribution is 5.87. The van der Waals surface area contributed by atoms with E-state index in [0.29, 0.717) is 5.57 Å². The van der Waals surface area contributed by atoms with E-state index in [1.165, 1.54) is 11.1 Å². The molecule has 0 amide bonds. The van der Waals surface area contributed by atoms with Gasteiger partial charge in [-0.1, -0.05) is 36.8 Å². The Balaban J connectivity index is 2.19. The first kappa shape index (κ1) is 13.4. The van der Waals surface area contributed by atoms with Gasteiger partial charge in [-0.2, -0.15) is 0 Å². The van der Waals surface area contributed by atoms with Gasteiger partial charge in [-0.3, -0.25) is 0 Å². The van der Waals surface area contributed by atoms with Gasteiger partial charge in [0, 0.05) is 11.5 Å². The van der Waals surface area contributed by atoms with Crippen LogP contribution in [0.15, 0.2) is 36.4 Å². The third kappa shape index (κ3) is 2.56. The van der Waals surface area contributed by atoms with E-state index in [4.69, 9.17) is 11.2 Å². The maximum absolute atomic E-state index is 11.7. The van der Waals surface area contributed by atoms with E-state index in [9.17, 15) is 4.79 Å². The van der Waals surface area contributed by atoms with Crippen molar-refractivity contribution in [3.8, 4) is 12.3 Å². The molecule has 0 fully saturated rings. The molecule has 1 aliphatic rings. The Hall–Kier alpha value is -2.01. The van der Waals surface area contributed by atoms with Gasteiger partial charge < -0.3 is 4.74 Å². The largest absolute Gasteiger partial charge is 0.442 e. The minimum atomic E-state index is -0.880. The van der Waals surface area contributed by atoms with Crippen LogP contribution < -0.4 is 0 Å². The van der Waals surface area contributed by atoms with Crippen molar-refractivity contribution in [1.29, 1.82) is 0 Å². The lowest BCUT2D eigenvalue weighted by Crippen LogP contribution is -2.39. The maximum Gasteiger partial charge on any atom is 0.334 e. The SMILES string of the molecule is C#CC(C)(OC(=O)C(=C)C)C1Cc2ccccc2C1. The monoisotopic (exact) mass is 254 g/mol. The summed E-state index contributed by atoms with van der Waals surface area (Å²) in [6.07, 6.45) is 7.31. The maximum atomic E-state index is 11.7. The molecular weight excluding hydrogens is 236 g/mol. The number of fused-ring (bicyclic) bond motifs is 1. The quantitative estimate of drug-likeness (QED) is 0.471. The molecule has 98 valence electrons.